The first-order chi connectivity index (χ1) is 8.58. The van der Waals surface area contributed by atoms with Gasteiger partial charge in [-0.1, -0.05) is 23.2 Å². The van der Waals surface area contributed by atoms with Crippen LogP contribution in [0.4, 0.5) is 17.2 Å². The van der Waals surface area contributed by atoms with Crippen LogP contribution in [-0.2, 0) is 0 Å². The molecule has 94 valence electrons. The van der Waals surface area contributed by atoms with Gasteiger partial charge < -0.3 is 15.8 Å². The number of nitrogen functional groups attached to an aromatic ring is 1. The summed E-state index contributed by atoms with van der Waals surface area (Å²) < 4.78 is 5.07. The van der Waals surface area contributed by atoms with Crippen molar-refractivity contribution in [2.75, 3.05) is 18.2 Å². The summed E-state index contributed by atoms with van der Waals surface area (Å²) in [6.45, 7) is 0. The number of nitrogens with one attached hydrogen (secondary N) is 1. The van der Waals surface area contributed by atoms with Crippen LogP contribution in [0.2, 0.25) is 10.2 Å². The van der Waals surface area contributed by atoms with E-state index in [1.54, 1.807) is 31.4 Å². The van der Waals surface area contributed by atoms with Crippen LogP contribution in [0.1, 0.15) is 0 Å². The lowest BCUT2D eigenvalue weighted by atomic mass is 10.3. The number of rotatable bonds is 3. The van der Waals surface area contributed by atoms with Crippen molar-refractivity contribution < 1.29 is 4.74 Å². The van der Waals surface area contributed by atoms with Crippen molar-refractivity contribution in [3.05, 3.63) is 40.5 Å². The third kappa shape index (κ3) is 2.97. The number of hydrogen-bond acceptors (Lipinski definition) is 4. The molecule has 1 aromatic carbocycles. The molecular formula is C12H11Cl2N3O. The molecule has 0 atom stereocenters. The summed E-state index contributed by atoms with van der Waals surface area (Å²) in [6.07, 6.45) is 0. The van der Waals surface area contributed by atoms with Gasteiger partial charge in [-0.05, 0) is 24.3 Å². The summed E-state index contributed by atoms with van der Waals surface area (Å²) >= 11 is 11.8. The van der Waals surface area contributed by atoms with Crippen LogP contribution in [0, 0.1) is 0 Å². The smallest absolute Gasteiger partial charge is 0.137 e. The van der Waals surface area contributed by atoms with Crippen LogP contribution in [0.15, 0.2) is 30.3 Å². The first-order valence-corrected chi connectivity index (χ1v) is 5.87. The monoisotopic (exact) mass is 283 g/mol. The minimum Gasteiger partial charge on any atom is -0.495 e. The lowest BCUT2D eigenvalue weighted by Gasteiger charge is -2.09. The molecule has 2 rings (SSSR count). The Morgan fingerprint density at radius 2 is 2.00 bits per heavy atom. The lowest BCUT2D eigenvalue weighted by Crippen LogP contribution is -1.96. The van der Waals surface area contributed by atoms with Crippen molar-refractivity contribution in [3.8, 4) is 5.75 Å². The van der Waals surface area contributed by atoms with Gasteiger partial charge in [0.1, 0.15) is 16.7 Å². The minimum absolute atomic E-state index is 0.331. The highest BCUT2D eigenvalue weighted by molar-refractivity contribution is 6.32. The van der Waals surface area contributed by atoms with Gasteiger partial charge in [-0.25, -0.2) is 4.98 Å². The molecule has 0 amide bonds. The van der Waals surface area contributed by atoms with E-state index in [-0.39, 0.29) is 0 Å². The lowest BCUT2D eigenvalue weighted by molar-refractivity contribution is 0.415. The highest BCUT2D eigenvalue weighted by Crippen LogP contribution is 2.29. The summed E-state index contributed by atoms with van der Waals surface area (Å²) in [5.41, 5.74) is 6.99. The van der Waals surface area contributed by atoms with E-state index in [1.807, 2.05) is 6.07 Å². The van der Waals surface area contributed by atoms with E-state index in [9.17, 15) is 0 Å². The molecular weight excluding hydrogens is 273 g/mol. The van der Waals surface area contributed by atoms with E-state index in [4.69, 9.17) is 33.7 Å². The zero-order chi connectivity index (χ0) is 13.1. The number of anilines is 3. The second-order valence-electron chi connectivity index (χ2n) is 3.58. The second-order valence-corrected chi connectivity index (χ2v) is 4.38. The molecule has 0 aliphatic carbocycles. The average Bonchev–Trinajstić information content (AvgIpc) is 2.27. The molecule has 2 aromatic rings. The number of pyridine rings is 1. The quantitative estimate of drug-likeness (QED) is 0.843. The second kappa shape index (κ2) is 5.33. The van der Waals surface area contributed by atoms with Gasteiger partial charge in [-0.3, -0.25) is 0 Å². The summed E-state index contributed by atoms with van der Waals surface area (Å²) in [5, 5.41) is 3.90. The Morgan fingerprint density at radius 1 is 1.22 bits per heavy atom. The van der Waals surface area contributed by atoms with E-state index in [1.165, 1.54) is 0 Å². The molecule has 0 spiro atoms. The maximum atomic E-state index is 6.02. The molecule has 0 fully saturated rings. The van der Waals surface area contributed by atoms with Crippen LogP contribution >= 0.6 is 23.2 Å². The van der Waals surface area contributed by atoms with Gasteiger partial charge in [0.2, 0.25) is 0 Å². The van der Waals surface area contributed by atoms with E-state index in [0.29, 0.717) is 27.4 Å². The fourth-order valence-electron chi connectivity index (χ4n) is 1.47. The Hall–Kier alpha value is -1.65. The van der Waals surface area contributed by atoms with Crippen molar-refractivity contribution in [1.82, 2.24) is 4.98 Å². The highest BCUT2D eigenvalue weighted by Gasteiger charge is 2.04. The number of ether oxygens (including phenoxy) is 1. The summed E-state index contributed by atoms with van der Waals surface area (Å²) in [5.74, 6) is 1.17. The van der Waals surface area contributed by atoms with E-state index >= 15 is 0 Å². The Kier molecular flexibility index (Phi) is 3.79. The Bertz CT molecular complexity index is 555. The largest absolute Gasteiger partial charge is 0.495 e. The maximum Gasteiger partial charge on any atom is 0.137 e. The first kappa shape index (κ1) is 12.8. The first-order valence-electron chi connectivity index (χ1n) is 5.12. The van der Waals surface area contributed by atoms with Crippen molar-refractivity contribution in [3.63, 3.8) is 0 Å². The van der Waals surface area contributed by atoms with Gasteiger partial charge in [-0.15, -0.1) is 0 Å². The Morgan fingerprint density at radius 3 is 2.61 bits per heavy atom. The number of nitrogens with two attached hydrogens (primary N) is 1. The number of aromatic nitrogens is 1. The Labute approximate surface area is 115 Å². The number of hydrogen-bond donors (Lipinski definition) is 2. The van der Waals surface area contributed by atoms with E-state index in [2.05, 4.69) is 10.3 Å². The molecule has 0 unspecified atom stereocenters. The SMILES string of the molecule is COc1ccc(Nc2cc(N)cc(Cl)n2)cc1Cl. The van der Waals surface area contributed by atoms with Crippen LogP contribution in [0.25, 0.3) is 0 Å². The topological polar surface area (TPSA) is 60.2 Å². The van der Waals surface area contributed by atoms with Crippen molar-refractivity contribution >= 4 is 40.4 Å². The van der Waals surface area contributed by atoms with Crippen molar-refractivity contribution in [2.24, 2.45) is 0 Å². The number of benzene rings is 1. The fraction of sp³-hybridized carbons (Fsp3) is 0.0833. The van der Waals surface area contributed by atoms with Crippen molar-refractivity contribution in [2.45, 2.75) is 0 Å². The fourth-order valence-corrected chi connectivity index (χ4v) is 1.95. The maximum absolute atomic E-state index is 6.02. The molecule has 18 heavy (non-hydrogen) atoms. The summed E-state index contributed by atoms with van der Waals surface area (Å²) in [6, 6.07) is 8.58. The number of nitrogens with zero attached hydrogens (tertiary/aromatic N) is 1. The Balaban J connectivity index is 2.25. The van der Waals surface area contributed by atoms with Crippen LogP contribution in [0.3, 0.4) is 0 Å². The molecule has 0 bridgehead atoms. The number of halogens is 2. The predicted molar refractivity (Wildman–Crippen MR) is 74.9 cm³/mol. The normalized spacial score (nSPS) is 10.2. The molecule has 0 aliphatic rings. The third-order valence-electron chi connectivity index (χ3n) is 2.24. The van der Waals surface area contributed by atoms with Crippen molar-refractivity contribution in [1.29, 1.82) is 0 Å². The summed E-state index contributed by atoms with van der Waals surface area (Å²) in [4.78, 5) is 4.10. The molecule has 1 heterocycles. The molecule has 0 aliphatic heterocycles. The molecule has 1 aromatic heterocycles. The van der Waals surface area contributed by atoms with Crippen LogP contribution in [0.5, 0.6) is 5.75 Å². The standard InChI is InChI=1S/C12H11Cl2N3O/c1-18-10-3-2-8(6-9(10)13)16-12-5-7(15)4-11(14)17-12/h2-6H,1H3,(H3,15,16,17). The van der Waals surface area contributed by atoms with Crippen LogP contribution in [-0.4, -0.2) is 12.1 Å². The average molecular weight is 284 g/mol. The highest BCUT2D eigenvalue weighted by atomic mass is 35.5. The molecule has 3 N–H and O–H groups in total. The zero-order valence-electron chi connectivity index (χ0n) is 9.58. The van der Waals surface area contributed by atoms with Gasteiger partial charge in [-0.2, -0.15) is 0 Å². The van der Waals surface area contributed by atoms with Gasteiger partial charge >= 0.3 is 0 Å². The molecule has 6 heteroatoms. The molecule has 4 nitrogen and oxygen atoms in total. The summed E-state index contributed by atoms with van der Waals surface area (Å²) in [7, 11) is 1.56. The zero-order valence-corrected chi connectivity index (χ0v) is 11.1. The molecule has 0 saturated heterocycles. The van der Waals surface area contributed by atoms with Gasteiger partial charge in [0.25, 0.3) is 0 Å². The van der Waals surface area contributed by atoms with Gasteiger partial charge in [0.15, 0.2) is 0 Å². The van der Waals surface area contributed by atoms with Crippen LogP contribution < -0.4 is 15.8 Å². The van der Waals surface area contributed by atoms with Gasteiger partial charge in [0, 0.05) is 17.4 Å². The minimum atomic E-state index is 0.331. The van der Waals surface area contributed by atoms with E-state index < -0.39 is 0 Å². The van der Waals surface area contributed by atoms with Gasteiger partial charge in [0.05, 0.1) is 12.1 Å². The predicted octanol–water partition coefficient (Wildman–Crippen LogP) is 3.72. The molecule has 0 saturated carbocycles. The third-order valence-corrected chi connectivity index (χ3v) is 2.73. The molecule has 0 radical (unpaired) electrons. The van der Waals surface area contributed by atoms with E-state index in [0.717, 1.165) is 5.69 Å². The number of methoxy groups -OCH3 is 1.